The van der Waals surface area contributed by atoms with E-state index >= 15 is 0 Å². The predicted molar refractivity (Wildman–Crippen MR) is 126 cm³/mol. The predicted octanol–water partition coefficient (Wildman–Crippen LogP) is 4.54. The van der Waals surface area contributed by atoms with Gasteiger partial charge in [-0.2, -0.15) is 0 Å². The van der Waals surface area contributed by atoms with Gasteiger partial charge >= 0.3 is 0 Å². The topological polar surface area (TPSA) is 53.7 Å². The van der Waals surface area contributed by atoms with E-state index in [1.165, 1.54) is 24.0 Å². The van der Waals surface area contributed by atoms with Crippen LogP contribution in [0.25, 0.3) is 0 Å². The smallest absolute Gasteiger partial charge is 0.193 e. The van der Waals surface area contributed by atoms with Crippen LogP contribution >= 0.6 is 24.0 Å². The third-order valence-corrected chi connectivity index (χ3v) is 5.84. The minimum atomic E-state index is 0. The summed E-state index contributed by atoms with van der Waals surface area (Å²) in [6, 6.07) is 11.0. The van der Waals surface area contributed by atoms with Gasteiger partial charge in [-0.25, -0.2) is 0 Å². The van der Waals surface area contributed by atoms with E-state index in [9.17, 15) is 0 Å². The molecule has 1 aliphatic rings. The molecule has 2 heterocycles. The molecule has 0 amide bonds. The van der Waals surface area contributed by atoms with Crippen LogP contribution < -0.4 is 5.32 Å². The molecule has 1 aromatic carbocycles. The quantitative estimate of drug-likeness (QED) is 0.375. The van der Waals surface area contributed by atoms with Crippen LogP contribution in [-0.2, 0) is 6.42 Å². The summed E-state index contributed by atoms with van der Waals surface area (Å²) in [6.45, 7) is 9.22. The molecule has 1 aromatic heterocycles. The van der Waals surface area contributed by atoms with Gasteiger partial charge in [-0.1, -0.05) is 48.8 Å². The first-order valence-corrected chi connectivity index (χ1v) is 10.1. The van der Waals surface area contributed by atoms with Crippen LogP contribution in [0.3, 0.4) is 0 Å². The Kier molecular flexibility index (Phi) is 8.79. The maximum atomic E-state index is 5.26. The Morgan fingerprint density at radius 1 is 1.29 bits per heavy atom. The van der Waals surface area contributed by atoms with Gasteiger partial charge < -0.3 is 14.7 Å². The van der Waals surface area contributed by atoms with E-state index in [0.717, 1.165) is 43.5 Å². The highest BCUT2D eigenvalue weighted by Crippen LogP contribution is 2.34. The number of hydrogen-bond acceptors (Lipinski definition) is 3. The average molecular weight is 496 g/mol. The summed E-state index contributed by atoms with van der Waals surface area (Å²) in [5, 5.41) is 7.58. The van der Waals surface area contributed by atoms with E-state index < -0.39 is 0 Å². The van der Waals surface area contributed by atoms with E-state index in [-0.39, 0.29) is 24.0 Å². The van der Waals surface area contributed by atoms with E-state index in [4.69, 9.17) is 4.52 Å². The summed E-state index contributed by atoms with van der Waals surface area (Å²) < 4.78 is 5.26. The molecular weight excluding hydrogens is 463 g/mol. The van der Waals surface area contributed by atoms with Crippen molar-refractivity contribution in [1.29, 1.82) is 0 Å². The molecule has 5 nitrogen and oxygen atoms in total. The third-order valence-electron chi connectivity index (χ3n) is 5.84. The van der Waals surface area contributed by atoms with Crippen LogP contribution in [0, 0.1) is 19.8 Å². The normalized spacial score (nSPS) is 20.0. The SMILES string of the molecule is CCC1CN(C(=NC)NCCc2c(C)noc2C)CCC1c1ccccc1.I. The second-order valence-corrected chi connectivity index (χ2v) is 7.45. The number of rotatable bonds is 5. The molecule has 0 spiro atoms. The molecule has 2 unspecified atom stereocenters. The van der Waals surface area contributed by atoms with Gasteiger partial charge in [-0.3, -0.25) is 4.99 Å². The minimum Gasteiger partial charge on any atom is -0.361 e. The molecule has 2 atom stereocenters. The molecule has 28 heavy (non-hydrogen) atoms. The Labute approximate surface area is 186 Å². The number of nitrogens with zero attached hydrogens (tertiary/aromatic N) is 3. The Bertz CT molecular complexity index is 740. The zero-order chi connectivity index (χ0) is 19.2. The summed E-state index contributed by atoms with van der Waals surface area (Å²) >= 11 is 0. The van der Waals surface area contributed by atoms with Gasteiger partial charge in [-0.15, -0.1) is 24.0 Å². The number of guanidine groups is 1. The molecule has 2 aromatic rings. The average Bonchev–Trinajstić information content (AvgIpc) is 3.03. The molecule has 0 bridgehead atoms. The molecule has 1 saturated heterocycles. The molecule has 0 radical (unpaired) electrons. The lowest BCUT2D eigenvalue weighted by atomic mass is 9.79. The Hall–Kier alpha value is -1.57. The van der Waals surface area contributed by atoms with E-state index in [1.807, 2.05) is 20.9 Å². The van der Waals surface area contributed by atoms with Crippen LogP contribution in [0.4, 0.5) is 0 Å². The second-order valence-electron chi connectivity index (χ2n) is 7.45. The molecule has 0 aliphatic carbocycles. The second kappa shape index (κ2) is 10.8. The standard InChI is InChI=1S/C22H32N4O.HI/c1-5-18-15-26(14-12-21(18)19-9-7-6-8-10-19)22(23-4)24-13-11-20-16(2)25-27-17(20)3;/h6-10,18,21H,5,11-15H2,1-4H3,(H,23,24);1H. The number of halogens is 1. The number of benzene rings is 1. The maximum Gasteiger partial charge on any atom is 0.193 e. The number of nitrogens with one attached hydrogen (secondary N) is 1. The summed E-state index contributed by atoms with van der Waals surface area (Å²) in [6.07, 6.45) is 3.26. The number of hydrogen-bond donors (Lipinski definition) is 1. The lowest BCUT2D eigenvalue weighted by Crippen LogP contribution is -2.48. The molecule has 6 heteroatoms. The summed E-state index contributed by atoms with van der Waals surface area (Å²) in [5.41, 5.74) is 3.66. The number of aromatic nitrogens is 1. The molecule has 1 fully saturated rings. The van der Waals surface area contributed by atoms with Gasteiger partial charge in [0, 0.05) is 32.2 Å². The largest absolute Gasteiger partial charge is 0.361 e. The zero-order valence-electron chi connectivity index (χ0n) is 17.4. The van der Waals surface area contributed by atoms with Crippen molar-refractivity contribution in [2.45, 2.75) is 46.0 Å². The van der Waals surface area contributed by atoms with Crippen LogP contribution in [-0.4, -0.2) is 42.7 Å². The minimum absolute atomic E-state index is 0. The molecule has 0 saturated carbocycles. The van der Waals surface area contributed by atoms with Crippen LogP contribution in [0.1, 0.15) is 48.3 Å². The summed E-state index contributed by atoms with van der Waals surface area (Å²) in [4.78, 5) is 6.95. The maximum absolute atomic E-state index is 5.26. The first kappa shape index (κ1) is 22.7. The van der Waals surface area contributed by atoms with Gasteiger partial charge in [0.25, 0.3) is 0 Å². The fraction of sp³-hybridized carbons (Fsp3) is 0.545. The van der Waals surface area contributed by atoms with Gasteiger partial charge in [0.05, 0.1) is 5.69 Å². The van der Waals surface area contributed by atoms with Crippen LogP contribution in [0.2, 0.25) is 0 Å². The van der Waals surface area contributed by atoms with E-state index in [2.05, 4.69) is 57.6 Å². The highest BCUT2D eigenvalue weighted by molar-refractivity contribution is 14.0. The fourth-order valence-electron chi connectivity index (χ4n) is 4.27. The first-order valence-electron chi connectivity index (χ1n) is 10.1. The summed E-state index contributed by atoms with van der Waals surface area (Å²) in [7, 11) is 1.88. The van der Waals surface area contributed by atoms with Gasteiger partial charge in [0.15, 0.2) is 5.96 Å². The molecule has 3 rings (SSSR count). The lowest BCUT2D eigenvalue weighted by molar-refractivity contribution is 0.216. The number of aryl methyl sites for hydroxylation is 2. The van der Waals surface area contributed by atoms with Gasteiger partial charge in [0.2, 0.25) is 0 Å². The van der Waals surface area contributed by atoms with Crippen molar-refractivity contribution in [2.75, 3.05) is 26.7 Å². The molecule has 1 aliphatic heterocycles. The van der Waals surface area contributed by atoms with Crippen molar-refractivity contribution >= 4 is 29.9 Å². The van der Waals surface area contributed by atoms with Crippen molar-refractivity contribution in [3.05, 3.63) is 52.9 Å². The van der Waals surface area contributed by atoms with Crippen molar-refractivity contribution in [3.63, 3.8) is 0 Å². The van der Waals surface area contributed by atoms with Crippen molar-refractivity contribution < 1.29 is 4.52 Å². The number of aliphatic imine (C=N–C) groups is 1. The fourth-order valence-corrected chi connectivity index (χ4v) is 4.27. The lowest BCUT2D eigenvalue weighted by Gasteiger charge is -2.40. The van der Waals surface area contributed by atoms with Crippen LogP contribution in [0.5, 0.6) is 0 Å². The monoisotopic (exact) mass is 496 g/mol. The van der Waals surface area contributed by atoms with Crippen molar-refractivity contribution in [3.8, 4) is 0 Å². The van der Waals surface area contributed by atoms with E-state index in [1.54, 1.807) is 0 Å². The molecule has 1 N–H and O–H groups in total. The molecular formula is C22H33IN4O. The van der Waals surface area contributed by atoms with E-state index in [0.29, 0.717) is 11.8 Å². The van der Waals surface area contributed by atoms with Crippen molar-refractivity contribution in [1.82, 2.24) is 15.4 Å². The Morgan fingerprint density at radius 2 is 2.04 bits per heavy atom. The van der Waals surface area contributed by atoms with Crippen molar-refractivity contribution in [2.24, 2.45) is 10.9 Å². The number of piperidine rings is 1. The third kappa shape index (κ3) is 5.27. The van der Waals surface area contributed by atoms with Crippen LogP contribution in [0.15, 0.2) is 39.8 Å². The summed E-state index contributed by atoms with van der Waals surface area (Å²) in [5.74, 6) is 3.22. The van der Waals surface area contributed by atoms with Gasteiger partial charge in [-0.05, 0) is 44.1 Å². The highest BCUT2D eigenvalue weighted by atomic mass is 127. The first-order chi connectivity index (χ1) is 13.1. The molecule has 154 valence electrons. The van der Waals surface area contributed by atoms with Gasteiger partial charge in [0.1, 0.15) is 5.76 Å². The Balaban J connectivity index is 0.00000280. The Morgan fingerprint density at radius 3 is 2.64 bits per heavy atom. The highest BCUT2D eigenvalue weighted by Gasteiger charge is 2.30. The zero-order valence-corrected chi connectivity index (χ0v) is 19.8. The number of likely N-dealkylation sites (tertiary alicyclic amines) is 1.